The Bertz CT molecular complexity index is 784. The van der Waals surface area contributed by atoms with Gasteiger partial charge in [-0.05, 0) is 64.1 Å². The summed E-state index contributed by atoms with van der Waals surface area (Å²) in [5.41, 5.74) is 1.06. The Morgan fingerprint density at radius 3 is 2.67 bits per heavy atom. The summed E-state index contributed by atoms with van der Waals surface area (Å²) >= 11 is 1.81. The van der Waals surface area contributed by atoms with E-state index in [-0.39, 0.29) is 5.41 Å². The van der Waals surface area contributed by atoms with Crippen LogP contribution in [0.25, 0.3) is 0 Å². The lowest BCUT2D eigenvalue weighted by Crippen LogP contribution is -2.43. The molecule has 7 heteroatoms. The van der Waals surface area contributed by atoms with Gasteiger partial charge in [0.2, 0.25) is 5.89 Å². The molecule has 3 heterocycles. The second kappa shape index (κ2) is 10.4. The lowest BCUT2D eigenvalue weighted by atomic mass is 9.92. The number of aliphatic imine (C=N–C) groups is 1. The molecule has 0 aliphatic carbocycles. The van der Waals surface area contributed by atoms with Gasteiger partial charge in [-0.1, -0.05) is 19.9 Å². The van der Waals surface area contributed by atoms with Gasteiger partial charge in [-0.2, -0.15) is 0 Å². The zero-order chi connectivity index (χ0) is 21.6. The van der Waals surface area contributed by atoms with Crippen molar-refractivity contribution in [3.63, 3.8) is 0 Å². The Balaban J connectivity index is 1.45. The number of nitrogens with zero attached hydrogens (tertiary/aromatic N) is 3. The molecule has 2 aromatic heterocycles. The van der Waals surface area contributed by atoms with Crippen LogP contribution in [0.15, 0.2) is 26.9 Å². The second-order valence-electron chi connectivity index (χ2n) is 8.91. The summed E-state index contributed by atoms with van der Waals surface area (Å²) in [6, 6.07) is 4.32. The van der Waals surface area contributed by atoms with E-state index in [1.807, 2.05) is 25.2 Å². The first kappa shape index (κ1) is 22.8. The summed E-state index contributed by atoms with van der Waals surface area (Å²) in [5.74, 6) is 3.37. The molecule has 166 valence electrons. The predicted molar refractivity (Wildman–Crippen MR) is 125 cm³/mol. The smallest absolute Gasteiger partial charge is 0.208 e. The third kappa shape index (κ3) is 6.32. The molecule has 1 aliphatic heterocycles. The minimum Gasteiger partial charge on any atom is -0.444 e. The van der Waals surface area contributed by atoms with Crippen LogP contribution in [0.5, 0.6) is 0 Å². The van der Waals surface area contributed by atoms with Gasteiger partial charge in [0.1, 0.15) is 5.76 Å². The van der Waals surface area contributed by atoms with Crippen LogP contribution >= 0.6 is 11.3 Å². The van der Waals surface area contributed by atoms with E-state index in [0.717, 1.165) is 62.6 Å². The van der Waals surface area contributed by atoms with Crippen molar-refractivity contribution in [3.05, 3.63) is 39.7 Å². The van der Waals surface area contributed by atoms with Crippen molar-refractivity contribution in [1.29, 1.82) is 0 Å². The highest BCUT2D eigenvalue weighted by molar-refractivity contribution is 7.10. The van der Waals surface area contributed by atoms with Gasteiger partial charge in [0, 0.05) is 23.4 Å². The second-order valence-corrected chi connectivity index (χ2v) is 9.85. The molecule has 1 fully saturated rings. The highest BCUT2D eigenvalue weighted by atomic mass is 32.1. The molecule has 0 unspecified atom stereocenters. The predicted octanol–water partition coefficient (Wildman–Crippen LogP) is 4.10. The largest absolute Gasteiger partial charge is 0.444 e. The zero-order valence-corrected chi connectivity index (χ0v) is 19.9. The van der Waals surface area contributed by atoms with Gasteiger partial charge in [0.15, 0.2) is 5.96 Å². The van der Waals surface area contributed by atoms with Crippen LogP contribution < -0.4 is 10.6 Å². The quantitative estimate of drug-likeness (QED) is 0.487. The maximum absolute atomic E-state index is 5.74. The van der Waals surface area contributed by atoms with E-state index < -0.39 is 0 Å². The van der Waals surface area contributed by atoms with E-state index >= 15 is 0 Å². The molecule has 0 saturated carbocycles. The SMILES string of the molecule is CCNC(=NCC(C)(C)c1cccs1)NCC1CCN(Cc2nc(C)c(C)o2)CC1. The van der Waals surface area contributed by atoms with E-state index in [0.29, 0.717) is 5.92 Å². The summed E-state index contributed by atoms with van der Waals surface area (Å²) in [7, 11) is 0. The van der Waals surface area contributed by atoms with Gasteiger partial charge in [-0.25, -0.2) is 4.98 Å². The molecule has 0 radical (unpaired) electrons. The van der Waals surface area contributed by atoms with Gasteiger partial charge < -0.3 is 15.1 Å². The van der Waals surface area contributed by atoms with Crippen molar-refractivity contribution >= 4 is 17.3 Å². The van der Waals surface area contributed by atoms with Crippen molar-refractivity contribution in [2.75, 3.05) is 32.7 Å². The van der Waals surface area contributed by atoms with Gasteiger partial charge in [0.25, 0.3) is 0 Å². The van der Waals surface area contributed by atoms with E-state index in [9.17, 15) is 0 Å². The normalized spacial score (nSPS) is 16.8. The average molecular weight is 432 g/mol. The maximum Gasteiger partial charge on any atom is 0.208 e. The summed E-state index contributed by atoms with van der Waals surface area (Å²) in [6.07, 6.45) is 2.37. The molecule has 2 aromatic rings. The van der Waals surface area contributed by atoms with E-state index in [2.05, 4.69) is 58.8 Å². The van der Waals surface area contributed by atoms with Crippen LogP contribution in [0.1, 0.15) is 55.8 Å². The third-order valence-electron chi connectivity index (χ3n) is 5.86. The van der Waals surface area contributed by atoms with Crippen molar-refractivity contribution in [2.24, 2.45) is 10.9 Å². The topological polar surface area (TPSA) is 65.7 Å². The number of hydrogen-bond acceptors (Lipinski definition) is 5. The standard InChI is InChI=1S/C23H37N5OS/c1-6-24-22(26-16-23(4,5)20-8-7-13-30-20)25-14-19-9-11-28(12-10-19)15-21-27-17(2)18(3)29-21/h7-8,13,19H,6,9-12,14-16H2,1-5H3,(H2,24,25,26). The number of piperidine rings is 1. The summed E-state index contributed by atoms with van der Waals surface area (Å²) in [4.78, 5) is 13.2. The summed E-state index contributed by atoms with van der Waals surface area (Å²) in [6.45, 7) is 16.2. The van der Waals surface area contributed by atoms with Crippen LogP contribution in [-0.2, 0) is 12.0 Å². The van der Waals surface area contributed by atoms with Gasteiger partial charge in [0.05, 0.1) is 18.8 Å². The molecule has 0 spiro atoms. The number of hydrogen-bond donors (Lipinski definition) is 2. The van der Waals surface area contributed by atoms with Crippen molar-refractivity contribution in [1.82, 2.24) is 20.5 Å². The molecule has 0 bridgehead atoms. The monoisotopic (exact) mass is 431 g/mol. The first-order valence-corrected chi connectivity index (χ1v) is 12.0. The molecule has 0 atom stereocenters. The highest BCUT2D eigenvalue weighted by Gasteiger charge is 2.23. The first-order valence-electron chi connectivity index (χ1n) is 11.1. The van der Waals surface area contributed by atoms with Crippen molar-refractivity contribution < 1.29 is 4.42 Å². The van der Waals surface area contributed by atoms with Gasteiger partial charge in [-0.15, -0.1) is 11.3 Å². The molecule has 3 rings (SSSR count). The number of nitrogens with one attached hydrogen (secondary N) is 2. The number of thiophene rings is 1. The number of oxazole rings is 1. The Morgan fingerprint density at radius 1 is 1.30 bits per heavy atom. The lowest BCUT2D eigenvalue weighted by Gasteiger charge is -2.31. The molecule has 30 heavy (non-hydrogen) atoms. The molecule has 1 saturated heterocycles. The first-order chi connectivity index (χ1) is 14.4. The third-order valence-corrected chi connectivity index (χ3v) is 7.10. The summed E-state index contributed by atoms with van der Waals surface area (Å²) < 4.78 is 5.74. The van der Waals surface area contributed by atoms with Crippen molar-refractivity contribution in [3.8, 4) is 0 Å². The Labute approximate surface area is 185 Å². The number of aromatic nitrogens is 1. The zero-order valence-electron chi connectivity index (χ0n) is 19.1. The number of guanidine groups is 1. The molecular weight excluding hydrogens is 394 g/mol. The van der Waals surface area contributed by atoms with Crippen LogP contribution in [0.2, 0.25) is 0 Å². The minimum atomic E-state index is 0.0540. The van der Waals surface area contributed by atoms with Crippen LogP contribution in [0, 0.1) is 19.8 Å². The average Bonchev–Trinajstić information content (AvgIpc) is 3.36. The Morgan fingerprint density at radius 2 is 2.07 bits per heavy atom. The van der Waals surface area contributed by atoms with Gasteiger partial charge >= 0.3 is 0 Å². The Hall–Kier alpha value is -1.86. The molecule has 6 nitrogen and oxygen atoms in total. The van der Waals surface area contributed by atoms with E-state index in [1.54, 1.807) is 0 Å². The fraction of sp³-hybridized carbons (Fsp3) is 0.652. The fourth-order valence-corrected chi connectivity index (χ4v) is 4.59. The van der Waals surface area contributed by atoms with E-state index in [1.165, 1.54) is 17.7 Å². The molecule has 1 aliphatic rings. The lowest BCUT2D eigenvalue weighted by molar-refractivity contribution is 0.164. The molecule has 0 aromatic carbocycles. The van der Waals surface area contributed by atoms with Crippen LogP contribution in [0.4, 0.5) is 0 Å². The minimum absolute atomic E-state index is 0.0540. The number of rotatable bonds is 8. The van der Waals surface area contributed by atoms with Gasteiger partial charge in [-0.3, -0.25) is 9.89 Å². The molecular formula is C23H37N5OS. The summed E-state index contributed by atoms with van der Waals surface area (Å²) in [5, 5.41) is 9.12. The number of aryl methyl sites for hydroxylation is 2. The van der Waals surface area contributed by atoms with Crippen molar-refractivity contribution in [2.45, 2.75) is 59.4 Å². The highest BCUT2D eigenvalue weighted by Crippen LogP contribution is 2.27. The number of likely N-dealkylation sites (tertiary alicyclic amines) is 1. The maximum atomic E-state index is 5.74. The van der Waals surface area contributed by atoms with E-state index in [4.69, 9.17) is 9.41 Å². The van der Waals surface area contributed by atoms with Crippen LogP contribution in [0.3, 0.4) is 0 Å². The molecule has 0 amide bonds. The van der Waals surface area contributed by atoms with Crippen LogP contribution in [-0.4, -0.2) is 48.6 Å². The molecule has 2 N–H and O–H groups in total. The Kier molecular flexibility index (Phi) is 7.94. The fourth-order valence-electron chi connectivity index (χ4n) is 3.75.